The Morgan fingerprint density at radius 2 is 2.18 bits per heavy atom. The van der Waals surface area contributed by atoms with Crippen LogP contribution < -0.4 is 4.72 Å². The summed E-state index contributed by atoms with van der Waals surface area (Å²) in [6.07, 6.45) is 0.772. The van der Waals surface area contributed by atoms with Crippen molar-refractivity contribution >= 4 is 43.2 Å². The Balaban J connectivity index is 2.16. The van der Waals surface area contributed by atoms with E-state index in [9.17, 15) is 13.2 Å². The zero-order valence-corrected chi connectivity index (χ0v) is 12.6. The number of amides is 1. The minimum absolute atomic E-state index is 0.144. The number of nitrogens with one attached hydrogen (secondary N) is 1. The second-order valence-corrected chi connectivity index (χ2v) is 8.59. The van der Waals surface area contributed by atoms with Gasteiger partial charge in [0.15, 0.2) is 0 Å². The van der Waals surface area contributed by atoms with Crippen molar-refractivity contribution in [2.24, 2.45) is 11.8 Å². The van der Waals surface area contributed by atoms with Crippen LogP contribution in [0.25, 0.3) is 0 Å². The van der Waals surface area contributed by atoms with E-state index >= 15 is 0 Å². The highest BCUT2D eigenvalue weighted by molar-refractivity contribution is 9.11. The van der Waals surface area contributed by atoms with Crippen LogP contribution in [0, 0.1) is 18.8 Å². The van der Waals surface area contributed by atoms with E-state index in [1.165, 1.54) is 0 Å². The van der Waals surface area contributed by atoms with E-state index in [0.717, 1.165) is 27.1 Å². The van der Waals surface area contributed by atoms with E-state index in [4.69, 9.17) is 0 Å². The number of hydrogen-bond donors (Lipinski definition) is 1. The van der Waals surface area contributed by atoms with Crippen molar-refractivity contribution in [3.8, 4) is 0 Å². The van der Waals surface area contributed by atoms with E-state index in [2.05, 4.69) is 20.7 Å². The first kappa shape index (κ1) is 13.0. The van der Waals surface area contributed by atoms with Gasteiger partial charge in [0.25, 0.3) is 10.0 Å². The predicted octanol–water partition coefficient (Wildman–Crippen LogP) is 2.28. The number of hydrogen-bond acceptors (Lipinski definition) is 4. The average molecular weight is 338 g/mol. The summed E-state index contributed by atoms with van der Waals surface area (Å²) in [7, 11) is -3.70. The van der Waals surface area contributed by atoms with Crippen molar-refractivity contribution in [2.45, 2.75) is 24.5 Å². The fourth-order valence-electron chi connectivity index (χ4n) is 1.51. The third kappa shape index (κ3) is 2.71. The molecule has 1 amide bonds. The maximum atomic E-state index is 11.9. The Labute approximate surface area is 113 Å². The van der Waals surface area contributed by atoms with Gasteiger partial charge < -0.3 is 0 Å². The van der Waals surface area contributed by atoms with Gasteiger partial charge in [0.1, 0.15) is 4.21 Å². The molecule has 1 aliphatic rings. The third-order valence-corrected chi connectivity index (χ3v) is 6.74. The van der Waals surface area contributed by atoms with Gasteiger partial charge in [-0.3, -0.25) is 4.79 Å². The van der Waals surface area contributed by atoms with Crippen molar-refractivity contribution in [3.63, 3.8) is 0 Å². The van der Waals surface area contributed by atoms with Gasteiger partial charge in [-0.05, 0) is 46.8 Å². The first-order valence-electron chi connectivity index (χ1n) is 5.14. The van der Waals surface area contributed by atoms with Crippen molar-refractivity contribution < 1.29 is 13.2 Å². The monoisotopic (exact) mass is 337 g/mol. The SMILES string of the molecule is Cc1cc(S(=O)(=O)NC(=O)[C@@H]2C[C@@H]2C)sc1Br. The molecule has 0 radical (unpaired) electrons. The number of aryl methyl sites for hydroxylation is 1. The minimum Gasteiger partial charge on any atom is -0.274 e. The summed E-state index contributed by atoms with van der Waals surface area (Å²) in [5.74, 6) is -0.240. The van der Waals surface area contributed by atoms with Crippen LogP contribution in [-0.4, -0.2) is 14.3 Å². The number of rotatable bonds is 3. The van der Waals surface area contributed by atoms with E-state index < -0.39 is 10.0 Å². The normalized spacial score (nSPS) is 23.5. The zero-order valence-electron chi connectivity index (χ0n) is 9.36. The molecule has 94 valence electrons. The van der Waals surface area contributed by atoms with Crippen molar-refractivity contribution in [1.29, 1.82) is 0 Å². The van der Waals surface area contributed by atoms with Gasteiger partial charge in [0.05, 0.1) is 3.79 Å². The molecule has 1 heterocycles. The lowest BCUT2D eigenvalue weighted by Gasteiger charge is -2.03. The largest absolute Gasteiger partial charge is 0.274 e. The van der Waals surface area contributed by atoms with Gasteiger partial charge in [-0.15, -0.1) is 11.3 Å². The summed E-state index contributed by atoms with van der Waals surface area (Å²) in [5, 5.41) is 0. The molecule has 0 unspecified atom stereocenters. The maximum absolute atomic E-state index is 11.9. The Bertz CT molecular complexity index is 545. The van der Waals surface area contributed by atoms with Crippen LogP contribution in [0.5, 0.6) is 0 Å². The van der Waals surface area contributed by atoms with Crippen molar-refractivity contribution in [2.75, 3.05) is 0 Å². The number of carbonyl (C=O) groups excluding carboxylic acids is 1. The first-order chi connectivity index (χ1) is 7.81. The number of sulfonamides is 1. The van der Waals surface area contributed by atoms with Gasteiger partial charge in [-0.25, -0.2) is 13.1 Å². The van der Waals surface area contributed by atoms with Crippen LogP contribution in [0.4, 0.5) is 0 Å². The summed E-state index contributed by atoms with van der Waals surface area (Å²) < 4.78 is 26.9. The molecule has 1 aromatic heterocycles. The fraction of sp³-hybridized carbons (Fsp3) is 0.500. The van der Waals surface area contributed by atoms with Crippen LogP contribution in [0.1, 0.15) is 18.9 Å². The number of halogens is 1. The lowest BCUT2D eigenvalue weighted by molar-refractivity contribution is -0.120. The van der Waals surface area contributed by atoms with Crippen LogP contribution in [0.15, 0.2) is 14.1 Å². The molecule has 4 nitrogen and oxygen atoms in total. The molecule has 0 aliphatic heterocycles. The molecule has 17 heavy (non-hydrogen) atoms. The van der Waals surface area contributed by atoms with Gasteiger partial charge >= 0.3 is 0 Å². The molecule has 2 rings (SSSR count). The van der Waals surface area contributed by atoms with E-state index in [-0.39, 0.29) is 16.0 Å². The smallest absolute Gasteiger partial charge is 0.273 e. The summed E-state index contributed by atoms with van der Waals surface area (Å²) in [4.78, 5) is 11.6. The van der Waals surface area contributed by atoms with Gasteiger partial charge in [-0.2, -0.15) is 0 Å². The molecule has 2 atom stereocenters. The summed E-state index contributed by atoms with van der Waals surface area (Å²) in [6, 6.07) is 1.56. The van der Waals surface area contributed by atoms with Crippen molar-refractivity contribution in [3.05, 3.63) is 15.4 Å². The van der Waals surface area contributed by atoms with Crippen molar-refractivity contribution in [1.82, 2.24) is 4.72 Å². The first-order valence-corrected chi connectivity index (χ1v) is 8.23. The highest BCUT2D eigenvalue weighted by Crippen LogP contribution is 2.38. The van der Waals surface area contributed by atoms with Gasteiger partial charge in [0, 0.05) is 5.92 Å². The maximum Gasteiger partial charge on any atom is 0.273 e. The minimum atomic E-state index is -3.70. The molecule has 0 aromatic carbocycles. The highest BCUT2D eigenvalue weighted by atomic mass is 79.9. The highest BCUT2D eigenvalue weighted by Gasteiger charge is 2.40. The molecule has 1 fully saturated rings. The molecule has 1 aliphatic carbocycles. The Morgan fingerprint density at radius 3 is 2.59 bits per heavy atom. The standard InChI is InChI=1S/C10H12BrNO3S2/c1-5-3-7(5)10(13)12-17(14,15)8-4-6(2)9(11)16-8/h4-5,7H,3H2,1-2H3,(H,12,13)/t5-,7+/m0/s1. The fourth-order valence-corrected chi connectivity index (χ4v) is 4.76. The summed E-state index contributed by atoms with van der Waals surface area (Å²) in [6.45, 7) is 3.74. The lowest BCUT2D eigenvalue weighted by Crippen LogP contribution is -2.31. The van der Waals surface area contributed by atoms with E-state index in [0.29, 0.717) is 5.92 Å². The van der Waals surface area contributed by atoms with Crippen LogP contribution in [0.3, 0.4) is 0 Å². The zero-order chi connectivity index (χ0) is 12.8. The molecule has 7 heteroatoms. The van der Waals surface area contributed by atoms with Crippen LogP contribution >= 0.6 is 27.3 Å². The Hall–Kier alpha value is -0.400. The molecule has 0 saturated heterocycles. The number of carbonyl (C=O) groups is 1. The Kier molecular flexibility index (Phi) is 3.35. The van der Waals surface area contributed by atoms with Crippen LogP contribution in [-0.2, 0) is 14.8 Å². The molecular weight excluding hydrogens is 326 g/mol. The predicted molar refractivity (Wildman–Crippen MR) is 69.4 cm³/mol. The molecule has 1 N–H and O–H groups in total. The lowest BCUT2D eigenvalue weighted by atomic mass is 10.3. The molecular formula is C10H12BrNO3S2. The second-order valence-electron chi connectivity index (χ2n) is 4.31. The molecule has 0 spiro atoms. The van der Waals surface area contributed by atoms with E-state index in [1.54, 1.807) is 6.07 Å². The van der Waals surface area contributed by atoms with Gasteiger partial charge in [0.2, 0.25) is 5.91 Å². The average Bonchev–Trinajstić information content (AvgIpc) is 2.84. The second kappa shape index (κ2) is 4.37. The number of thiophene rings is 1. The topological polar surface area (TPSA) is 63.2 Å². The summed E-state index contributed by atoms with van der Waals surface area (Å²) >= 11 is 4.38. The third-order valence-electron chi connectivity index (χ3n) is 2.78. The van der Waals surface area contributed by atoms with E-state index in [1.807, 2.05) is 13.8 Å². The molecule has 1 aromatic rings. The molecule has 0 bridgehead atoms. The van der Waals surface area contributed by atoms with Crippen LogP contribution in [0.2, 0.25) is 0 Å². The van der Waals surface area contributed by atoms with Gasteiger partial charge in [-0.1, -0.05) is 6.92 Å². The quantitative estimate of drug-likeness (QED) is 0.920. The molecule has 1 saturated carbocycles. The Morgan fingerprint density at radius 1 is 1.59 bits per heavy atom. The summed E-state index contributed by atoms with van der Waals surface area (Å²) in [5.41, 5.74) is 0.850.